The van der Waals surface area contributed by atoms with E-state index in [2.05, 4.69) is 15.0 Å². The molecule has 4 nitrogen and oxygen atoms in total. The van der Waals surface area contributed by atoms with Gasteiger partial charge in [-0.05, 0) is 30.8 Å². The third-order valence-corrected chi connectivity index (χ3v) is 4.12. The van der Waals surface area contributed by atoms with Gasteiger partial charge in [0.1, 0.15) is 5.03 Å². The minimum Gasteiger partial charge on any atom is -0.329 e. The SMILES string of the molecule is Cc1ccc2nc(C(F)(F)F)nc(Sc3nccn3C)c2c1. The number of nitrogens with zero attached hydrogens (tertiary/aromatic N) is 4. The summed E-state index contributed by atoms with van der Waals surface area (Å²) in [6.07, 6.45) is -1.28. The molecule has 0 spiro atoms. The molecule has 22 heavy (non-hydrogen) atoms. The van der Waals surface area contributed by atoms with Crippen molar-refractivity contribution in [3.8, 4) is 0 Å². The summed E-state index contributed by atoms with van der Waals surface area (Å²) >= 11 is 1.09. The quantitative estimate of drug-likeness (QED) is 0.672. The maximum Gasteiger partial charge on any atom is 0.451 e. The van der Waals surface area contributed by atoms with Crippen LogP contribution in [0.1, 0.15) is 11.4 Å². The highest BCUT2D eigenvalue weighted by atomic mass is 32.2. The molecule has 114 valence electrons. The fraction of sp³-hybridized carbons (Fsp3) is 0.214. The lowest BCUT2D eigenvalue weighted by atomic mass is 10.2. The smallest absolute Gasteiger partial charge is 0.329 e. The van der Waals surface area contributed by atoms with Crippen LogP contribution in [0.4, 0.5) is 13.2 Å². The average molecular weight is 324 g/mol. The van der Waals surface area contributed by atoms with Crippen LogP contribution in [0.15, 0.2) is 40.8 Å². The standard InChI is InChI=1S/C14H11F3N4S/c1-8-3-4-10-9(7-8)11(20-12(19-10)14(15,16)17)22-13-18-5-6-21(13)2/h3-7H,1-2H3. The van der Waals surface area contributed by atoms with Gasteiger partial charge in [-0.25, -0.2) is 15.0 Å². The Hall–Kier alpha value is -2.09. The number of rotatable bonds is 2. The number of halogens is 3. The van der Waals surface area contributed by atoms with E-state index in [0.29, 0.717) is 10.5 Å². The first-order valence-corrected chi connectivity index (χ1v) is 7.17. The van der Waals surface area contributed by atoms with Gasteiger partial charge in [0.15, 0.2) is 5.16 Å². The van der Waals surface area contributed by atoms with Crippen molar-refractivity contribution in [2.24, 2.45) is 7.05 Å². The lowest BCUT2D eigenvalue weighted by Gasteiger charge is -2.10. The maximum absolute atomic E-state index is 13.0. The summed E-state index contributed by atoms with van der Waals surface area (Å²) in [7, 11) is 1.77. The molecule has 0 aliphatic heterocycles. The van der Waals surface area contributed by atoms with E-state index in [1.165, 1.54) is 0 Å². The zero-order valence-corrected chi connectivity index (χ0v) is 12.5. The molecule has 0 fully saturated rings. The highest BCUT2D eigenvalue weighted by Gasteiger charge is 2.35. The van der Waals surface area contributed by atoms with Gasteiger partial charge >= 0.3 is 6.18 Å². The van der Waals surface area contributed by atoms with Crippen LogP contribution in [0.5, 0.6) is 0 Å². The van der Waals surface area contributed by atoms with Crippen LogP contribution in [0.25, 0.3) is 10.9 Å². The number of fused-ring (bicyclic) bond motifs is 1. The summed E-state index contributed by atoms with van der Waals surface area (Å²) in [5.74, 6) is -1.14. The fourth-order valence-electron chi connectivity index (χ4n) is 1.96. The predicted molar refractivity (Wildman–Crippen MR) is 76.6 cm³/mol. The molecule has 3 rings (SSSR count). The number of aromatic nitrogens is 4. The van der Waals surface area contributed by atoms with E-state index in [-0.39, 0.29) is 10.5 Å². The third kappa shape index (κ3) is 2.78. The number of aryl methyl sites for hydroxylation is 2. The molecule has 0 saturated carbocycles. The van der Waals surface area contributed by atoms with Gasteiger partial charge in [0.2, 0.25) is 5.82 Å². The Morgan fingerprint density at radius 1 is 1.18 bits per heavy atom. The fourth-order valence-corrected chi connectivity index (χ4v) is 2.85. The van der Waals surface area contributed by atoms with E-state index in [9.17, 15) is 13.2 Å². The van der Waals surface area contributed by atoms with Crippen molar-refractivity contribution >= 4 is 22.7 Å². The molecule has 0 aliphatic carbocycles. The third-order valence-electron chi connectivity index (χ3n) is 3.03. The molecule has 0 unspecified atom stereocenters. The Kier molecular flexibility index (Phi) is 3.56. The predicted octanol–water partition coefficient (Wildman–Crippen LogP) is 3.84. The molecule has 0 saturated heterocycles. The van der Waals surface area contributed by atoms with Crippen LogP contribution in [-0.4, -0.2) is 19.5 Å². The molecule has 0 amide bonds. The van der Waals surface area contributed by atoms with Crippen LogP contribution in [0, 0.1) is 6.92 Å². The van der Waals surface area contributed by atoms with Crippen molar-refractivity contribution in [3.05, 3.63) is 42.0 Å². The average Bonchev–Trinajstić information content (AvgIpc) is 2.83. The van der Waals surface area contributed by atoms with Gasteiger partial charge in [-0.1, -0.05) is 11.6 Å². The maximum atomic E-state index is 13.0. The molecule has 2 aromatic heterocycles. The molecular weight excluding hydrogens is 313 g/mol. The van der Waals surface area contributed by atoms with Crippen LogP contribution >= 0.6 is 11.8 Å². The van der Waals surface area contributed by atoms with E-state index in [0.717, 1.165) is 17.3 Å². The summed E-state index contributed by atoms with van der Waals surface area (Å²) in [6.45, 7) is 1.87. The zero-order chi connectivity index (χ0) is 15.9. The second kappa shape index (κ2) is 5.28. The summed E-state index contributed by atoms with van der Waals surface area (Å²) in [5.41, 5.74) is 1.20. The number of benzene rings is 1. The Labute approximate surface area is 128 Å². The molecule has 3 aromatic rings. The minimum absolute atomic E-state index is 0.246. The molecule has 2 heterocycles. The molecule has 0 bridgehead atoms. The second-order valence-electron chi connectivity index (χ2n) is 4.79. The van der Waals surface area contributed by atoms with Gasteiger partial charge in [0.05, 0.1) is 5.52 Å². The van der Waals surface area contributed by atoms with E-state index >= 15 is 0 Å². The Morgan fingerprint density at radius 2 is 1.95 bits per heavy atom. The van der Waals surface area contributed by atoms with Crippen LogP contribution < -0.4 is 0 Å². The number of hydrogen-bond donors (Lipinski definition) is 0. The van der Waals surface area contributed by atoms with E-state index < -0.39 is 12.0 Å². The van der Waals surface area contributed by atoms with Gasteiger partial charge in [0.25, 0.3) is 0 Å². The molecule has 0 aliphatic rings. The van der Waals surface area contributed by atoms with Crippen LogP contribution in [0.3, 0.4) is 0 Å². The first-order valence-electron chi connectivity index (χ1n) is 6.35. The first-order chi connectivity index (χ1) is 10.3. The molecular formula is C14H11F3N4S. The van der Waals surface area contributed by atoms with Gasteiger partial charge in [0, 0.05) is 24.8 Å². The summed E-state index contributed by atoms with van der Waals surface area (Å²) in [6, 6.07) is 5.08. The van der Waals surface area contributed by atoms with Crippen molar-refractivity contribution in [3.63, 3.8) is 0 Å². The number of alkyl halides is 3. The topological polar surface area (TPSA) is 43.6 Å². The summed E-state index contributed by atoms with van der Waals surface area (Å²) in [4.78, 5) is 11.4. The molecule has 0 N–H and O–H groups in total. The monoisotopic (exact) mass is 324 g/mol. The highest BCUT2D eigenvalue weighted by molar-refractivity contribution is 7.99. The number of hydrogen-bond acceptors (Lipinski definition) is 4. The Morgan fingerprint density at radius 3 is 2.59 bits per heavy atom. The molecule has 8 heteroatoms. The normalized spacial score (nSPS) is 12.0. The summed E-state index contributed by atoms with van der Waals surface area (Å²) in [5, 5.41) is 1.39. The zero-order valence-electron chi connectivity index (χ0n) is 11.7. The van der Waals surface area contributed by atoms with Crippen LogP contribution in [-0.2, 0) is 13.2 Å². The van der Waals surface area contributed by atoms with Crippen LogP contribution in [0.2, 0.25) is 0 Å². The molecule has 0 atom stereocenters. The van der Waals surface area contributed by atoms with Crippen molar-refractivity contribution in [2.75, 3.05) is 0 Å². The van der Waals surface area contributed by atoms with Gasteiger partial charge in [-0.15, -0.1) is 0 Å². The van der Waals surface area contributed by atoms with Crippen molar-refractivity contribution < 1.29 is 13.2 Å². The van der Waals surface area contributed by atoms with E-state index in [4.69, 9.17) is 0 Å². The highest BCUT2D eigenvalue weighted by Crippen LogP contribution is 2.34. The minimum atomic E-state index is -4.59. The Balaban J connectivity index is 2.20. The second-order valence-corrected chi connectivity index (χ2v) is 5.75. The molecule has 1 aromatic carbocycles. The van der Waals surface area contributed by atoms with Crippen molar-refractivity contribution in [2.45, 2.75) is 23.3 Å². The van der Waals surface area contributed by atoms with Gasteiger partial charge in [-0.2, -0.15) is 13.2 Å². The Bertz CT molecular complexity index is 842. The lowest BCUT2D eigenvalue weighted by molar-refractivity contribution is -0.145. The van der Waals surface area contributed by atoms with Gasteiger partial charge < -0.3 is 4.57 Å². The van der Waals surface area contributed by atoms with E-state index in [1.54, 1.807) is 42.2 Å². The summed E-state index contributed by atoms with van der Waals surface area (Å²) < 4.78 is 40.7. The lowest BCUT2D eigenvalue weighted by Crippen LogP contribution is -2.12. The van der Waals surface area contributed by atoms with E-state index in [1.807, 2.05) is 6.92 Å². The first kappa shape index (κ1) is 14.8. The van der Waals surface area contributed by atoms with Gasteiger partial charge in [-0.3, -0.25) is 0 Å². The number of imidazole rings is 1. The van der Waals surface area contributed by atoms with Crippen molar-refractivity contribution in [1.29, 1.82) is 0 Å². The van der Waals surface area contributed by atoms with Crippen molar-refractivity contribution in [1.82, 2.24) is 19.5 Å². The molecule has 0 radical (unpaired) electrons. The largest absolute Gasteiger partial charge is 0.451 e.